The zero-order valence-corrected chi connectivity index (χ0v) is 16.6. The maximum Gasteiger partial charge on any atom is 0.321 e. The summed E-state index contributed by atoms with van der Waals surface area (Å²) in [5.41, 5.74) is 1.26. The molecule has 3 aromatic carbocycles. The minimum absolute atomic E-state index is 0.0664. The summed E-state index contributed by atoms with van der Waals surface area (Å²) >= 11 is 0. The highest BCUT2D eigenvalue weighted by Gasteiger charge is 2.23. The summed E-state index contributed by atoms with van der Waals surface area (Å²) < 4.78 is 13.0. The molecule has 0 bridgehead atoms. The highest BCUT2D eigenvalue weighted by molar-refractivity contribution is 6.07. The van der Waals surface area contributed by atoms with Crippen molar-refractivity contribution in [3.05, 3.63) is 78.1 Å². The van der Waals surface area contributed by atoms with Gasteiger partial charge in [0.15, 0.2) is 0 Å². The van der Waals surface area contributed by atoms with Crippen molar-refractivity contribution in [1.82, 2.24) is 10.2 Å². The van der Waals surface area contributed by atoms with Crippen molar-refractivity contribution < 1.29 is 14.0 Å². The Kier molecular flexibility index (Phi) is 5.93. The summed E-state index contributed by atoms with van der Waals surface area (Å²) in [4.78, 5) is 26.8. The maximum absolute atomic E-state index is 13.0. The number of nitrogens with zero attached hydrogens (tertiary/aromatic N) is 1. The highest BCUT2D eigenvalue weighted by Crippen LogP contribution is 2.20. The number of amides is 3. The molecular formula is C24H24FN3O2. The molecule has 1 saturated heterocycles. The van der Waals surface area contributed by atoms with E-state index in [0.29, 0.717) is 36.8 Å². The fourth-order valence-electron chi connectivity index (χ4n) is 3.83. The molecule has 5 nitrogen and oxygen atoms in total. The summed E-state index contributed by atoms with van der Waals surface area (Å²) in [7, 11) is 0. The predicted molar refractivity (Wildman–Crippen MR) is 116 cm³/mol. The van der Waals surface area contributed by atoms with Crippen LogP contribution in [0.4, 0.5) is 14.9 Å². The summed E-state index contributed by atoms with van der Waals surface area (Å²) in [6, 6.07) is 19.2. The van der Waals surface area contributed by atoms with Gasteiger partial charge in [-0.25, -0.2) is 9.18 Å². The van der Waals surface area contributed by atoms with Crippen LogP contribution < -0.4 is 10.6 Å². The molecule has 2 N–H and O–H groups in total. The molecule has 1 aliphatic rings. The van der Waals surface area contributed by atoms with E-state index in [0.717, 1.165) is 23.6 Å². The summed E-state index contributed by atoms with van der Waals surface area (Å²) in [5, 5.41) is 7.85. The predicted octanol–water partition coefficient (Wildman–Crippen LogP) is 4.65. The number of likely N-dealkylation sites (tertiary alicyclic amines) is 1. The second kappa shape index (κ2) is 8.95. The van der Waals surface area contributed by atoms with E-state index in [1.807, 2.05) is 42.5 Å². The number of benzene rings is 3. The SMILES string of the molecule is O=C(NCC1CCN(C(=O)Nc2ccc(F)cc2)CC1)c1cccc2ccccc12. The van der Waals surface area contributed by atoms with Crippen LogP contribution in [0.25, 0.3) is 10.8 Å². The number of urea groups is 1. The molecule has 6 heteroatoms. The molecule has 0 saturated carbocycles. The first kappa shape index (κ1) is 19.9. The first-order valence-corrected chi connectivity index (χ1v) is 10.2. The molecule has 4 rings (SSSR count). The van der Waals surface area contributed by atoms with E-state index < -0.39 is 0 Å². The van der Waals surface area contributed by atoms with Crippen LogP contribution in [-0.4, -0.2) is 36.5 Å². The van der Waals surface area contributed by atoms with Crippen LogP contribution in [0.5, 0.6) is 0 Å². The van der Waals surface area contributed by atoms with Gasteiger partial charge in [-0.15, -0.1) is 0 Å². The molecule has 3 amide bonds. The van der Waals surface area contributed by atoms with Gasteiger partial charge in [0.2, 0.25) is 0 Å². The number of piperidine rings is 1. The summed E-state index contributed by atoms with van der Waals surface area (Å²) in [6.45, 7) is 1.85. The van der Waals surface area contributed by atoms with Crippen LogP contribution in [0, 0.1) is 11.7 Å². The second-order valence-electron chi connectivity index (χ2n) is 7.60. The smallest absolute Gasteiger partial charge is 0.321 e. The van der Waals surface area contributed by atoms with Gasteiger partial charge >= 0.3 is 6.03 Å². The van der Waals surface area contributed by atoms with Crippen molar-refractivity contribution >= 4 is 28.4 Å². The highest BCUT2D eigenvalue weighted by atomic mass is 19.1. The lowest BCUT2D eigenvalue weighted by atomic mass is 9.96. The van der Waals surface area contributed by atoms with Gasteiger partial charge in [-0.1, -0.05) is 36.4 Å². The molecule has 0 aliphatic carbocycles. The largest absolute Gasteiger partial charge is 0.352 e. The third-order valence-corrected chi connectivity index (χ3v) is 5.58. The number of nitrogens with one attached hydrogen (secondary N) is 2. The molecule has 0 atom stereocenters. The van der Waals surface area contributed by atoms with Gasteiger partial charge in [0.25, 0.3) is 5.91 Å². The Morgan fingerprint density at radius 1 is 0.933 bits per heavy atom. The van der Waals surface area contributed by atoms with Crippen LogP contribution in [0.1, 0.15) is 23.2 Å². The van der Waals surface area contributed by atoms with Crippen LogP contribution >= 0.6 is 0 Å². The molecule has 154 valence electrons. The van der Waals surface area contributed by atoms with E-state index in [9.17, 15) is 14.0 Å². The zero-order chi connectivity index (χ0) is 20.9. The molecule has 0 radical (unpaired) electrons. The van der Waals surface area contributed by atoms with Gasteiger partial charge in [0.05, 0.1) is 0 Å². The molecule has 0 spiro atoms. The quantitative estimate of drug-likeness (QED) is 0.664. The summed E-state index contributed by atoms with van der Waals surface area (Å²) in [5.74, 6) is -0.0681. The molecule has 1 aliphatic heterocycles. The van der Waals surface area contributed by atoms with Gasteiger partial charge in [0, 0.05) is 30.9 Å². The van der Waals surface area contributed by atoms with Gasteiger partial charge in [-0.05, 0) is 59.9 Å². The number of carbonyl (C=O) groups excluding carboxylic acids is 2. The Morgan fingerprint density at radius 3 is 2.40 bits per heavy atom. The number of carbonyl (C=O) groups is 2. The van der Waals surface area contributed by atoms with Crippen LogP contribution in [0.3, 0.4) is 0 Å². The topological polar surface area (TPSA) is 61.4 Å². The number of fused-ring (bicyclic) bond motifs is 1. The zero-order valence-electron chi connectivity index (χ0n) is 16.6. The average Bonchev–Trinajstić information content (AvgIpc) is 2.79. The monoisotopic (exact) mass is 405 g/mol. The van der Waals surface area contributed by atoms with Gasteiger partial charge < -0.3 is 15.5 Å². The van der Waals surface area contributed by atoms with Gasteiger partial charge in [0.1, 0.15) is 5.82 Å². The van der Waals surface area contributed by atoms with Crippen LogP contribution in [0.2, 0.25) is 0 Å². The van der Waals surface area contributed by atoms with E-state index in [1.165, 1.54) is 12.1 Å². The maximum atomic E-state index is 13.0. The Hall–Kier alpha value is -3.41. The minimum Gasteiger partial charge on any atom is -0.352 e. The molecular weight excluding hydrogens is 381 g/mol. The lowest BCUT2D eigenvalue weighted by Crippen LogP contribution is -2.43. The normalized spacial score (nSPS) is 14.5. The Bertz CT molecular complexity index is 1040. The lowest BCUT2D eigenvalue weighted by molar-refractivity contribution is 0.0940. The van der Waals surface area contributed by atoms with Crippen molar-refractivity contribution in [3.8, 4) is 0 Å². The van der Waals surface area contributed by atoms with E-state index in [4.69, 9.17) is 0 Å². The lowest BCUT2D eigenvalue weighted by Gasteiger charge is -2.32. The molecule has 1 heterocycles. The van der Waals surface area contributed by atoms with Crippen molar-refractivity contribution in [2.45, 2.75) is 12.8 Å². The molecule has 1 fully saturated rings. The van der Waals surface area contributed by atoms with E-state index in [1.54, 1.807) is 17.0 Å². The van der Waals surface area contributed by atoms with Crippen molar-refractivity contribution in [1.29, 1.82) is 0 Å². The van der Waals surface area contributed by atoms with Crippen LogP contribution in [-0.2, 0) is 0 Å². The van der Waals surface area contributed by atoms with E-state index in [2.05, 4.69) is 10.6 Å². The van der Waals surface area contributed by atoms with Gasteiger partial charge in [-0.2, -0.15) is 0 Å². The second-order valence-corrected chi connectivity index (χ2v) is 7.60. The summed E-state index contributed by atoms with van der Waals surface area (Å²) in [6.07, 6.45) is 1.65. The Morgan fingerprint density at radius 2 is 1.63 bits per heavy atom. The third kappa shape index (κ3) is 4.59. The first-order chi connectivity index (χ1) is 14.6. The minimum atomic E-state index is -0.334. The fourth-order valence-corrected chi connectivity index (χ4v) is 3.83. The Labute approximate surface area is 174 Å². The number of hydrogen-bond acceptors (Lipinski definition) is 2. The number of hydrogen-bond donors (Lipinski definition) is 2. The van der Waals surface area contributed by atoms with E-state index in [-0.39, 0.29) is 17.8 Å². The van der Waals surface area contributed by atoms with Crippen molar-refractivity contribution in [3.63, 3.8) is 0 Å². The standard InChI is InChI=1S/C24H24FN3O2/c25-19-8-10-20(11-9-19)27-24(30)28-14-12-17(13-15-28)16-26-23(29)22-7-3-5-18-4-1-2-6-21(18)22/h1-11,17H,12-16H2,(H,26,29)(H,27,30). The number of halogens is 1. The van der Waals surface area contributed by atoms with Gasteiger partial charge in [-0.3, -0.25) is 4.79 Å². The molecule has 0 aromatic heterocycles. The molecule has 30 heavy (non-hydrogen) atoms. The van der Waals surface area contributed by atoms with Crippen LogP contribution in [0.15, 0.2) is 66.7 Å². The fraction of sp³-hybridized carbons (Fsp3) is 0.250. The molecule has 0 unspecified atom stereocenters. The third-order valence-electron chi connectivity index (χ3n) is 5.58. The van der Waals surface area contributed by atoms with E-state index >= 15 is 0 Å². The number of rotatable bonds is 4. The number of anilines is 1. The average molecular weight is 405 g/mol. The molecule has 3 aromatic rings. The van der Waals surface area contributed by atoms with Crippen molar-refractivity contribution in [2.75, 3.05) is 25.0 Å². The Balaban J connectivity index is 1.27. The first-order valence-electron chi connectivity index (χ1n) is 10.2. The van der Waals surface area contributed by atoms with Crippen molar-refractivity contribution in [2.24, 2.45) is 5.92 Å².